The van der Waals surface area contributed by atoms with Crippen LogP contribution in [0.4, 0.5) is 0 Å². The van der Waals surface area contributed by atoms with Crippen LogP contribution in [0, 0.1) is 0 Å². The quantitative estimate of drug-likeness (QED) is 0.469. The molecule has 0 aliphatic carbocycles. The molecule has 0 saturated heterocycles. The molecule has 0 aliphatic rings. The van der Waals surface area contributed by atoms with Gasteiger partial charge in [0.1, 0.15) is 0 Å². The van der Waals surface area contributed by atoms with Crippen LogP contribution in [0.3, 0.4) is 0 Å². The van der Waals surface area contributed by atoms with Gasteiger partial charge in [-0.25, -0.2) is 0 Å². The van der Waals surface area contributed by atoms with Gasteiger partial charge in [-0.05, 0) is 19.4 Å². The van der Waals surface area contributed by atoms with Crippen LogP contribution in [0.2, 0.25) is 0 Å². The molecule has 0 radical (unpaired) electrons. The van der Waals surface area contributed by atoms with Gasteiger partial charge >= 0.3 is 0 Å². The molecule has 0 heterocycles. The third-order valence-corrected chi connectivity index (χ3v) is 1.63. The zero-order valence-electron chi connectivity index (χ0n) is 6.99. The summed E-state index contributed by atoms with van der Waals surface area (Å²) >= 11 is 5.52. The van der Waals surface area contributed by atoms with E-state index >= 15 is 0 Å². The molecule has 0 rings (SSSR count). The number of rotatable bonds is 6. The van der Waals surface area contributed by atoms with Crippen LogP contribution in [0.5, 0.6) is 0 Å². The molecule has 0 aromatic heterocycles. The number of nitrogens with one attached hydrogen (secondary N) is 1. The smallest absolute Gasteiger partial charge is 0.0223 e. The summed E-state index contributed by atoms with van der Waals surface area (Å²) in [5.74, 6) is 0.807. The van der Waals surface area contributed by atoms with Gasteiger partial charge in [0.15, 0.2) is 0 Å². The number of unbranched alkanes of at least 4 members (excludes halogenated alkanes) is 2. The third-order valence-electron chi connectivity index (χ3n) is 1.36. The molecule has 0 unspecified atom stereocenters. The van der Waals surface area contributed by atoms with E-state index in [1.807, 2.05) is 0 Å². The van der Waals surface area contributed by atoms with Crippen molar-refractivity contribution < 1.29 is 0 Å². The maximum atomic E-state index is 5.52. The molecule has 0 fully saturated rings. The minimum Gasteiger partial charge on any atom is -0.315 e. The van der Waals surface area contributed by atoms with Crippen LogP contribution in [-0.2, 0) is 0 Å². The zero-order chi connectivity index (χ0) is 7.82. The molecule has 2 heteroatoms. The van der Waals surface area contributed by atoms with Gasteiger partial charge in [-0.15, -0.1) is 11.6 Å². The summed E-state index contributed by atoms with van der Waals surface area (Å²) in [6.45, 7) is 5.47. The van der Waals surface area contributed by atoms with Gasteiger partial charge in [0, 0.05) is 11.9 Å². The highest BCUT2D eigenvalue weighted by molar-refractivity contribution is 6.17. The normalized spacial score (nSPS) is 10.8. The van der Waals surface area contributed by atoms with Crippen molar-refractivity contribution in [3.63, 3.8) is 0 Å². The molecular formula is C8H18ClN. The Morgan fingerprint density at radius 2 is 1.90 bits per heavy atom. The number of hydrogen-bond acceptors (Lipinski definition) is 1. The molecule has 0 spiro atoms. The molecule has 0 bridgehead atoms. The molecule has 0 aromatic rings. The number of halogens is 1. The van der Waals surface area contributed by atoms with Crippen molar-refractivity contribution in [2.75, 3.05) is 12.4 Å². The Morgan fingerprint density at radius 3 is 2.40 bits per heavy atom. The minimum atomic E-state index is 0.621. The fourth-order valence-electron chi connectivity index (χ4n) is 0.787. The van der Waals surface area contributed by atoms with Crippen molar-refractivity contribution in [3.8, 4) is 0 Å². The molecule has 62 valence electrons. The zero-order valence-corrected chi connectivity index (χ0v) is 7.75. The maximum Gasteiger partial charge on any atom is 0.0223 e. The standard InChI is InChI=1S/C8H18ClN/c1-8(2)10-7-5-3-4-6-9/h8,10H,3-7H2,1-2H3. The molecule has 0 aromatic carbocycles. The molecule has 0 amide bonds. The van der Waals surface area contributed by atoms with Crippen LogP contribution in [0.15, 0.2) is 0 Å². The van der Waals surface area contributed by atoms with Crippen LogP contribution in [-0.4, -0.2) is 18.5 Å². The first-order valence-electron chi connectivity index (χ1n) is 4.06. The summed E-state index contributed by atoms with van der Waals surface area (Å²) in [5, 5.41) is 3.36. The first-order chi connectivity index (χ1) is 4.77. The fourth-order valence-corrected chi connectivity index (χ4v) is 0.976. The molecule has 10 heavy (non-hydrogen) atoms. The largest absolute Gasteiger partial charge is 0.315 e. The number of alkyl halides is 1. The Bertz CT molecular complexity index is 64.3. The summed E-state index contributed by atoms with van der Waals surface area (Å²) in [7, 11) is 0. The van der Waals surface area contributed by atoms with Crippen LogP contribution >= 0.6 is 11.6 Å². The summed E-state index contributed by atoms with van der Waals surface area (Å²) in [4.78, 5) is 0. The van der Waals surface area contributed by atoms with Crippen molar-refractivity contribution in [1.82, 2.24) is 5.32 Å². The summed E-state index contributed by atoms with van der Waals surface area (Å²) in [6, 6.07) is 0.621. The van der Waals surface area contributed by atoms with Gasteiger partial charge in [0.25, 0.3) is 0 Å². The van der Waals surface area contributed by atoms with Crippen molar-refractivity contribution >= 4 is 11.6 Å². The van der Waals surface area contributed by atoms with Crippen LogP contribution < -0.4 is 5.32 Å². The second kappa shape index (κ2) is 7.36. The molecular weight excluding hydrogens is 146 g/mol. The van der Waals surface area contributed by atoms with E-state index in [-0.39, 0.29) is 0 Å². The lowest BCUT2D eigenvalue weighted by atomic mass is 10.2. The van der Waals surface area contributed by atoms with Gasteiger partial charge in [0.2, 0.25) is 0 Å². The lowest BCUT2D eigenvalue weighted by Crippen LogP contribution is -2.23. The molecule has 0 saturated carbocycles. The fraction of sp³-hybridized carbons (Fsp3) is 1.00. The van der Waals surface area contributed by atoms with Gasteiger partial charge in [-0.1, -0.05) is 20.3 Å². The van der Waals surface area contributed by atoms with Gasteiger partial charge in [-0.3, -0.25) is 0 Å². The Labute approximate surface area is 69.1 Å². The summed E-state index contributed by atoms with van der Waals surface area (Å²) in [5.41, 5.74) is 0. The van der Waals surface area contributed by atoms with E-state index < -0.39 is 0 Å². The Hall–Kier alpha value is 0.250. The van der Waals surface area contributed by atoms with E-state index in [0.717, 1.165) is 18.8 Å². The van der Waals surface area contributed by atoms with Crippen LogP contribution in [0.1, 0.15) is 33.1 Å². The molecule has 0 atom stereocenters. The topological polar surface area (TPSA) is 12.0 Å². The molecule has 1 N–H and O–H groups in total. The molecule has 0 aliphatic heterocycles. The minimum absolute atomic E-state index is 0.621. The third kappa shape index (κ3) is 8.25. The van der Waals surface area contributed by atoms with Crippen molar-refractivity contribution in [1.29, 1.82) is 0 Å². The van der Waals surface area contributed by atoms with E-state index in [2.05, 4.69) is 19.2 Å². The lowest BCUT2D eigenvalue weighted by Gasteiger charge is -2.06. The summed E-state index contributed by atoms with van der Waals surface area (Å²) in [6.07, 6.45) is 3.66. The number of hydrogen-bond donors (Lipinski definition) is 1. The van der Waals surface area contributed by atoms with E-state index in [4.69, 9.17) is 11.6 Å². The lowest BCUT2D eigenvalue weighted by molar-refractivity contribution is 0.555. The van der Waals surface area contributed by atoms with E-state index in [1.54, 1.807) is 0 Å². The molecule has 1 nitrogen and oxygen atoms in total. The second-order valence-electron chi connectivity index (χ2n) is 2.86. The average Bonchev–Trinajstić information content (AvgIpc) is 1.87. The van der Waals surface area contributed by atoms with E-state index in [0.29, 0.717) is 6.04 Å². The SMILES string of the molecule is CC(C)NCCCCCCl. The Kier molecular flexibility index (Phi) is 7.54. The van der Waals surface area contributed by atoms with Gasteiger partial charge in [0.05, 0.1) is 0 Å². The Balaban J connectivity index is 2.77. The highest BCUT2D eigenvalue weighted by Crippen LogP contribution is 1.95. The van der Waals surface area contributed by atoms with Crippen molar-refractivity contribution in [2.24, 2.45) is 0 Å². The summed E-state index contributed by atoms with van der Waals surface area (Å²) < 4.78 is 0. The van der Waals surface area contributed by atoms with Crippen molar-refractivity contribution in [2.45, 2.75) is 39.2 Å². The van der Waals surface area contributed by atoms with Gasteiger partial charge in [-0.2, -0.15) is 0 Å². The highest BCUT2D eigenvalue weighted by atomic mass is 35.5. The van der Waals surface area contributed by atoms with E-state index in [9.17, 15) is 0 Å². The average molecular weight is 164 g/mol. The monoisotopic (exact) mass is 163 g/mol. The van der Waals surface area contributed by atoms with E-state index in [1.165, 1.54) is 12.8 Å². The Morgan fingerprint density at radius 1 is 1.20 bits per heavy atom. The first kappa shape index (κ1) is 10.2. The maximum absolute atomic E-state index is 5.52. The predicted octanol–water partition coefficient (Wildman–Crippen LogP) is 2.39. The second-order valence-corrected chi connectivity index (χ2v) is 3.24. The highest BCUT2D eigenvalue weighted by Gasteiger charge is 1.90. The predicted molar refractivity (Wildman–Crippen MR) is 47.7 cm³/mol. The van der Waals surface area contributed by atoms with Crippen molar-refractivity contribution in [3.05, 3.63) is 0 Å². The van der Waals surface area contributed by atoms with Gasteiger partial charge < -0.3 is 5.32 Å². The first-order valence-corrected chi connectivity index (χ1v) is 4.60. The van der Waals surface area contributed by atoms with Crippen LogP contribution in [0.25, 0.3) is 0 Å².